The summed E-state index contributed by atoms with van der Waals surface area (Å²) in [5, 5.41) is 2.62. The molecule has 1 heterocycles. The van der Waals surface area contributed by atoms with E-state index in [1.807, 2.05) is 66.7 Å². The van der Waals surface area contributed by atoms with Gasteiger partial charge in [0.2, 0.25) is 5.91 Å². The minimum absolute atomic E-state index is 0.179. The van der Waals surface area contributed by atoms with Gasteiger partial charge in [0, 0.05) is 0 Å². The second kappa shape index (κ2) is 10.5. The fraction of sp³-hybridized carbons (Fsp3) is 0.192. The molecule has 0 radical (unpaired) electrons. The fourth-order valence-electron chi connectivity index (χ4n) is 3.56. The highest BCUT2D eigenvalue weighted by Crippen LogP contribution is 2.26. The fourth-order valence-corrected chi connectivity index (χ4v) is 3.56. The van der Waals surface area contributed by atoms with Crippen LogP contribution in [0.3, 0.4) is 0 Å². The number of β-lactam (4-membered cyclic amide) rings is 1. The molecule has 3 aromatic rings. The Morgan fingerprint density at radius 2 is 1.42 bits per heavy atom. The number of amides is 2. The largest absolute Gasteiger partial charge is 0.484 e. The van der Waals surface area contributed by atoms with E-state index in [4.69, 9.17) is 9.47 Å². The van der Waals surface area contributed by atoms with Crippen molar-refractivity contribution in [1.82, 2.24) is 10.2 Å². The number of hydrogen-bond donors (Lipinski definition) is 1. The number of ether oxygens (including phenoxy) is 2. The minimum Gasteiger partial charge on any atom is -0.484 e. The van der Waals surface area contributed by atoms with Gasteiger partial charge >= 0.3 is 5.97 Å². The SMILES string of the molecule is O=C(COc1ccccc1)NC1CN(CC(=O)OC(c2ccccc2)c2ccccc2)C1=O. The van der Waals surface area contributed by atoms with Crippen LogP contribution in [0.2, 0.25) is 0 Å². The molecule has 168 valence electrons. The lowest BCUT2D eigenvalue weighted by molar-refractivity contribution is -0.158. The summed E-state index contributed by atoms with van der Waals surface area (Å²) < 4.78 is 11.1. The third kappa shape index (κ3) is 5.77. The zero-order valence-electron chi connectivity index (χ0n) is 17.9. The van der Waals surface area contributed by atoms with Crippen molar-refractivity contribution in [3.05, 3.63) is 102 Å². The van der Waals surface area contributed by atoms with Crippen molar-refractivity contribution in [3.8, 4) is 5.75 Å². The van der Waals surface area contributed by atoms with Gasteiger partial charge in [-0.15, -0.1) is 0 Å². The number of rotatable bonds is 9. The Kier molecular flexibility index (Phi) is 6.99. The monoisotopic (exact) mass is 444 g/mol. The molecule has 1 aliphatic heterocycles. The van der Waals surface area contributed by atoms with E-state index in [9.17, 15) is 14.4 Å². The predicted octanol–water partition coefficient (Wildman–Crippen LogP) is 2.73. The molecule has 7 nitrogen and oxygen atoms in total. The van der Waals surface area contributed by atoms with Crippen LogP contribution in [-0.4, -0.2) is 48.4 Å². The first-order valence-corrected chi connectivity index (χ1v) is 10.7. The van der Waals surface area contributed by atoms with Crippen molar-refractivity contribution in [2.24, 2.45) is 0 Å². The molecule has 3 aromatic carbocycles. The summed E-state index contributed by atoms with van der Waals surface area (Å²) >= 11 is 0. The van der Waals surface area contributed by atoms with Gasteiger partial charge < -0.3 is 19.7 Å². The topological polar surface area (TPSA) is 84.9 Å². The molecular formula is C26H24N2O5. The molecule has 2 amide bonds. The van der Waals surface area contributed by atoms with E-state index in [0.717, 1.165) is 11.1 Å². The molecule has 0 aromatic heterocycles. The summed E-state index contributed by atoms with van der Waals surface area (Å²) in [6.07, 6.45) is -0.568. The molecular weight excluding hydrogens is 420 g/mol. The van der Waals surface area contributed by atoms with E-state index in [1.54, 1.807) is 24.3 Å². The number of nitrogens with zero attached hydrogens (tertiary/aromatic N) is 1. The zero-order chi connectivity index (χ0) is 23.0. The number of nitrogens with one attached hydrogen (secondary N) is 1. The van der Waals surface area contributed by atoms with Gasteiger partial charge in [0.05, 0.1) is 6.54 Å². The molecule has 1 fully saturated rings. The van der Waals surface area contributed by atoms with E-state index < -0.39 is 24.0 Å². The molecule has 7 heteroatoms. The van der Waals surface area contributed by atoms with Gasteiger partial charge in [-0.05, 0) is 23.3 Å². The summed E-state index contributed by atoms with van der Waals surface area (Å²) in [6.45, 7) is -0.125. The van der Waals surface area contributed by atoms with E-state index >= 15 is 0 Å². The Morgan fingerprint density at radius 1 is 0.879 bits per heavy atom. The normalized spacial score (nSPS) is 15.0. The standard InChI is InChI=1S/C26H24N2O5/c29-23(18-32-21-14-8-3-9-15-21)27-22-16-28(26(22)31)17-24(30)33-25(19-10-4-1-5-11-19)20-12-6-2-7-13-20/h1-15,22,25H,16-18H2,(H,27,29). The first kappa shape index (κ1) is 22.1. The molecule has 0 saturated carbocycles. The van der Waals surface area contributed by atoms with E-state index in [-0.39, 0.29) is 25.6 Å². The van der Waals surface area contributed by atoms with Gasteiger partial charge in [-0.25, -0.2) is 0 Å². The quantitative estimate of drug-likeness (QED) is 0.405. The first-order chi connectivity index (χ1) is 16.1. The van der Waals surface area contributed by atoms with Crippen molar-refractivity contribution in [3.63, 3.8) is 0 Å². The Balaban J connectivity index is 1.27. The number of esters is 1. The van der Waals surface area contributed by atoms with Gasteiger partial charge in [0.25, 0.3) is 5.91 Å². The summed E-state index contributed by atoms with van der Waals surface area (Å²) in [5.41, 5.74) is 1.69. The second-order valence-electron chi connectivity index (χ2n) is 7.63. The highest BCUT2D eigenvalue weighted by Gasteiger charge is 2.39. The third-order valence-electron chi connectivity index (χ3n) is 5.23. The first-order valence-electron chi connectivity index (χ1n) is 10.7. The van der Waals surface area contributed by atoms with Gasteiger partial charge in [-0.3, -0.25) is 14.4 Å². The average molecular weight is 444 g/mol. The summed E-state index contributed by atoms with van der Waals surface area (Å²) in [7, 11) is 0. The van der Waals surface area contributed by atoms with E-state index in [0.29, 0.717) is 5.75 Å². The molecule has 4 rings (SSSR count). The molecule has 0 aliphatic carbocycles. The smallest absolute Gasteiger partial charge is 0.326 e. The van der Waals surface area contributed by atoms with Gasteiger partial charge in [-0.2, -0.15) is 0 Å². The Bertz CT molecular complexity index is 1050. The number of benzene rings is 3. The van der Waals surface area contributed by atoms with Crippen LogP contribution in [0.5, 0.6) is 5.75 Å². The van der Waals surface area contributed by atoms with E-state index in [1.165, 1.54) is 4.90 Å². The number of carbonyl (C=O) groups excluding carboxylic acids is 3. The molecule has 1 N–H and O–H groups in total. The molecule has 33 heavy (non-hydrogen) atoms. The second-order valence-corrected chi connectivity index (χ2v) is 7.63. The van der Waals surface area contributed by atoms with Crippen molar-refractivity contribution in [2.45, 2.75) is 12.1 Å². The van der Waals surface area contributed by atoms with Gasteiger partial charge in [-0.1, -0.05) is 78.9 Å². The van der Waals surface area contributed by atoms with Gasteiger partial charge in [0.1, 0.15) is 18.3 Å². The number of para-hydroxylation sites is 1. The molecule has 1 saturated heterocycles. The highest BCUT2D eigenvalue weighted by atomic mass is 16.5. The molecule has 1 aliphatic rings. The van der Waals surface area contributed by atoms with Crippen LogP contribution < -0.4 is 10.1 Å². The number of likely N-dealkylation sites (tertiary alicyclic amines) is 1. The van der Waals surface area contributed by atoms with Crippen LogP contribution in [0.15, 0.2) is 91.0 Å². The number of carbonyl (C=O) groups is 3. The van der Waals surface area contributed by atoms with E-state index in [2.05, 4.69) is 5.32 Å². The van der Waals surface area contributed by atoms with Crippen LogP contribution in [-0.2, 0) is 19.1 Å². The van der Waals surface area contributed by atoms with Crippen molar-refractivity contribution in [1.29, 1.82) is 0 Å². The summed E-state index contributed by atoms with van der Waals surface area (Å²) in [6, 6.07) is 27.2. The van der Waals surface area contributed by atoms with Crippen LogP contribution >= 0.6 is 0 Å². The molecule has 1 atom stereocenters. The Hall–Kier alpha value is -4.13. The number of hydrogen-bond acceptors (Lipinski definition) is 5. The Morgan fingerprint density at radius 3 is 1.97 bits per heavy atom. The predicted molar refractivity (Wildman–Crippen MR) is 121 cm³/mol. The van der Waals surface area contributed by atoms with Crippen LogP contribution in [0.25, 0.3) is 0 Å². The van der Waals surface area contributed by atoms with Crippen LogP contribution in [0, 0.1) is 0 Å². The average Bonchev–Trinajstić information content (AvgIpc) is 2.87. The highest BCUT2D eigenvalue weighted by molar-refractivity contribution is 5.94. The maximum atomic E-state index is 12.6. The van der Waals surface area contributed by atoms with Crippen LogP contribution in [0.1, 0.15) is 17.2 Å². The molecule has 0 spiro atoms. The lowest BCUT2D eigenvalue weighted by Crippen LogP contribution is -2.65. The zero-order valence-corrected chi connectivity index (χ0v) is 17.9. The maximum Gasteiger partial charge on any atom is 0.326 e. The van der Waals surface area contributed by atoms with Crippen molar-refractivity contribution < 1.29 is 23.9 Å². The molecule has 1 unspecified atom stereocenters. The lowest BCUT2D eigenvalue weighted by Gasteiger charge is -2.38. The lowest BCUT2D eigenvalue weighted by atomic mass is 10.0. The Labute approximate surface area is 191 Å². The summed E-state index contributed by atoms with van der Waals surface area (Å²) in [4.78, 5) is 38.4. The third-order valence-corrected chi connectivity index (χ3v) is 5.23. The maximum absolute atomic E-state index is 12.6. The van der Waals surface area contributed by atoms with Crippen molar-refractivity contribution in [2.75, 3.05) is 19.7 Å². The molecule has 0 bridgehead atoms. The van der Waals surface area contributed by atoms with Crippen molar-refractivity contribution >= 4 is 17.8 Å². The van der Waals surface area contributed by atoms with Gasteiger partial charge in [0.15, 0.2) is 12.7 Å². The minimum atomic E-state index is -0.663. The van der Waals surface area contributed by atoms with Crippen LogP contribution in [0.4, 0.5) is 0 Å². The summed E-state index contributed by atoms with van der Waals surface area (Å²) in [5.74, 6) is -0.662.